The van der Waals surface area contributed by atoms with Crippen molar-refractivity contribution in [1.29, 1.82) is 0 Å². The zero-order valence-corrected chi connectivity index (χ0v) is 7.79. The van der Waals surface area contributed by atoms with E-state index in [9.17, 15) is 12.3 Å². The number of hydrogen-bond acceptors (Lipinski definition) is 2. The number of hydrogen-bond donors (Lipinski definition) is 0. The van der Waals surface area contributed by atoms with Gasteiger partial charge in [0.2, 0.25) is 0 Å². The summed E-state index contributed by atoms with van der Waals surface area (Å²) in [6.07, 6.45) is 0. The topological polar surface area (TPSA) is 34.1 Å². The molecular weight excluding hydrogens is 203 g/mol. The molecule has 1 rings (SSSR count). The molecule has 0 radical (unpaired) electrons. The summed E-state index contributed by atoms with van der Waals surface area (Å²) >= 11 is 5.49. The molecule has 0 bridgehead atoms. The van der Waals surface area contributed by atoms with Crippen molar-refractivity contribution >= 4 is 21.8 Å². The predicted molar refractivity (Wildman–Crippen MR) is 44.5 cm³/mol. The van der Waals surface area contributed by atoms with Crippen LogP contribution in [0.25, 0.3) is 0 Å². The Morgan fingerprint density at radius 2 is 2.00 bits per heavy atom. The van der Waals surface area contributed by atoms with Crippen LogP contribution >= 0.6 is 11.6 Å². The van der Waals surface area contributed by atoms with Gasteiger partial charge in [-0.05, 0) is 24.6 Å². The maximum absolute atomic E-state index is 12.5. The Kier molecular flexibility index (Phi) is 2.39. The standard InChI is InChI=1S/C7H6ClFO2S/c1-5-2-3-6(8)4-7(5)12(9,10)11/h2-4H,1H3. The Hall–Kier alpha value is -0.610. The maximum Gasteiger partial charge on any atom is 0.332 e. The molecule has 0 atom stereocenters. The molecule has 0 spiro atoms. The van der Waals surface area contributed by atoms with Gasteiger partial charge in [-0.1, -0.05) is 17.7 Å². The summed E-state index contributed by atoms with van der Waals surface area (Å²) in [6.45, 7) is 1.50. The molecular formula is C7H6ClFO2S. The predicted octanol–water partition coefficient (Wildman–Crippen LogP) is 2.31. The molecule has 12 heavy (non-hydrogen) atoms. The fourth-order valence-electron chi connectivity index (χ4n) is 0.837. The molecule has 0 unspecified atom stereocenters. The number of aryl methyl sites for hydroxylation is 1. The average molecular weight is 209 g/mol. The van der Waals surface area contributed by atoms with Crippen LogP contribution < -0.4 is 0 Å². The molecule has 1 aromatic rings. The maximum atomic E-state index is 12.5. The minimum absolute atomic E-state index is 0.205. The van der Waals surface area contributed by atoms with E-state index in [1.165, 1.54) is 19.1 Å². The largest absolute Gasteiger partial charge is 0.332 e. The molecule has 0 aliphatic carbocycles. The summed E-state index contributed by atoms with van der Waals surface area (Å²) in [7, 11) is -4.64. The van der Waals surface area contributed by atoms with E-state index in [1.807, 2.05) is 0 Å². The molecule has 66 valence electrons. The normalized spacial score (nSPS) is 11.6. The summed E-state index contributed by atoms with van der Waals surface area (Å²) in [5.74, 6) is 0. The zero-order chi connectivity index (χ0) is 9.35. The monoisotopic (exact) mass is 208 g/mol. The van der Waals surface area contributed by atoms with Gasteiger partial charge in [-0.25, -0.2) is 0 Å². The third kappa shape index (κ3) is 1.95. The molecule has 0 aliphatic heterocycles. The lowest BCUT2D eigenvalue weighted by Gasteiger charge is -1.99. The first-order chi connectivity index (χ1) is 5.41. The first kappa shape index (κ1) is 9.48. The average Bonchev–Trinajstić information content (AvgIpc) is 1.92. The summed E-state index contributed by atoms with van der Waals surface area (Å²) in [6, 6.07) is 4.05. The molecule has 0 saturated heterocycles. The molecule has 2 nitrogen and oxygen atoms in total. The van der Waals surface area contributed by atoms with E-state index >= 15 is 0 Å². The Bertz CT molecular complexity index is 400. The lowest BCUT2D eigenvalue weighted by atomic mass is 10.2. The van der Waals surface area contributed by atoms with Gasteiger partial charge in [-0.2, -0.15) is 8.42 Å². The van der Waals surface area contributed by atoms with Crippen LogP contribution in [-0.4, -0.2) is 8.42 Å². The summed E-state index contributed by atoms with van der Waals surface area (Å²) in [5.41, 5.74) is 0.349. The van der Waals surface area contributed by atoms with Crippen LogP contribution in [0.2, 0.25) is 5.02 Å². The molecule has 0 fully saturated rings. The first-order valence-electron chi connectivity index (χ1n) is 3.12. The van der Waals surface area contributed by atoms with Crippen molar-refractivity contribution in [2.24, 2.45) is 0 Å². The minimum atomic E-state index is -4.64. The fraction of sp³-hybridized carbons (Fsp3) is 0.143. The van der Waals surface area contributed by atoms with Gasteiger partial charge in [0.1, 0.15) is 4.90 Å². The molecule has 0 aliphatic rings. The van der Waals surface area contributed by atoms with E-state index in [4.69, 9.17) is 11.6 Å². The lowest BCUT2D eigenvalue weighted by Crippen LogP contribution is -1.94. The third-order valence-electron chi connectivity index (χ3n) is 1.41. The molecule has 0 saturated carbocycles. The van der Waals surface area contributed by atoms with Crippen molar-refractivity contribution < 1.29 is 12.3 Å². The summed E-state index contributed by atoms with van der Waals surface area (Å²) in [5, 5.41) is 0.205. The van der Waals surface area contributed by atoms with Crippen molar-refractivity contribution in [2.45, 2.75) is 11.8 Å². The van der Waals surface area contributed by atoms with Crippen molar-refractivity contribution in [1.82, 2.24) is 0 Å². The lowest BCUT2D eigenvalue weighted by molar-refractivity contribution is 0.551. The van der Waals surface area contributed by atoms with Gasteiger partial charge in [0.15, 0.2) is 0 Å². The van der Waals surface area contributed by atoms with Crippen molar-refractivity contribution in [3.05, 3.63) is 28.8 Å². The smallest absolute Gasteiger partial charge is 0.189 e. The van der Waals surface area contributed by atoms with E-state index < -0.39 is 10.2 Å². The first-order valence-corrected chi connectivity index (χ1v) is 4.88. The number of halogens is 2. The molecule has 5 heteroatoms. The van der Waals surface area contributed by atoms with Crippen molar-refractivity contribution in [3.63, 3.8) is 0 Å². The van der Waals surface area contributed by atoms with Crippen LogP contribution in [0, 0.1) is 6.92 Å². The van der Waals surface area contributed by atoms with Crippen LogP contribution in [0.5, 0.6) is 0 Å². The SMILES string of the molecule is Cc1ccc(Cl)cc1S(=O)(=O)F. The van der Waals surface area contributed by atoms with Crippen LogP contribution in [0.15, 0.2) is 23.1 Å². The Balaban J connectivity index is 3.43. The molecule has 0 aromatic heterocycles. The highest BCUT2D eigenvalue weighted by atomic mass is 35.5. The second-order valence-corrected chi connectivity index (χ2v) is 4.10. The Morgan fingerprint density at radius 3 is 2.42 bits per heavy atom. The number of benzene rings is 1. The second-order valence-electron chi connectivity index (χ2n) is 2.35. The Morgan fingerprint density at radius 1 is 1.42 bits per heavy atom. The third-order valence-corrected chi connectivity index (χ3v) is 2.61. The molecule has 0 N–H and O–H groups in total. The van der Waals surface area contributed by atoms with E-state index in [1.54, 1.807) is 0 Å². The van der Waals surface area contributed by atoms with Gasteiger partial charge in [-0.3, -0.25) is 0 Å². The summed E-state index contributed by atoms with van der Waals surface area (Å²) in [4.78, 5) is -0.366. The van der Waals surface area contributed by atoms with Gasteiger partial charge < -0.3 is 0 Å². The Labute approximate surface area is 75.2 Å². The molecule has 0 amide bonds. The van der Waals surface area contributed by atoms with Crippen molar-refractivity contribution in [2.75, 3.05) is 0 Å². The van der Waals surface area contributed by atoms with E-state index in [0.29, 0.717) is 5.56 Å². The quantitative estimate of drug-likeness (QED) is 0.664. The second kappa shape index (κ2) is 3.03. The van der Waals surface area contributed by atoms with E-state index in [2.05, 4.69) is 0 Å². The molecule has 1 aromatic carbocycles. The van der Waals surface area contributed by atoms with Gasteiger partial charge >= 0.3 is 10.2 Å². The molecule has 0 heterocycles. The summed E-state index contributed by atoms with van der Waals surface area (Å²) < 4.78 is 33.4. The minimum Gasteiger partial charge on any atom is -0.189 e. The van der Waals surface area contributed by atoms with Crippen LogP contribution in [-0.2, 0) is 10.2 Å². The zero-order valence-electron chi connectivity index (χ0n) is 6.21. The van der Waals surface area contributed by atoms with Crippen LogP contribution in [0.4, 0.5) is 3.89 Å². The highest BCUT2D eigenvalue weighted by Gasteiger charge is 2.14. The number of rotatable bonds is 1. The van der Waals surface area contributed by atoms with E-state index in [0.717, 1.165) is 6.07 Å². The van der Waals surface area contributed by atoms with Crippen LogP contribution in [0.3, 0.4) is 0 Å². The highest BCUT2D eigenvalue weighted by molar-refractivity contribution is 7.86. The van der Waals surface area contributed by atoms with Gasteiger partial charge in [0.05, 0.1) is 0 Å². The van der Waals surface area contributed by atoms with Gasteiger partial charge in [0.25, 0.3) is 0 Å². The van der Waals surface area contributed by atoms with Crippen molar-refractivity contribution in [3.8, 4) is 0 Å². The van der Waals surface area contributed by atoms with E-state index in [-0.39, 0.29) is 9.92 Å². The van der Waals surface area contributed by atoms with Gasteiger partial charge in [-0.15, -0.1) is 3.89 Å². The highest BCUT2D eigenvalue weighted by Crippen LogP contribution is 2.21. The fourth-order valence-corrected chi connectivity index (χ4v) is 1.79. The van der Waals surface area contributed by atoms with Crippen LogP contribution in [0.1, 0.15) is 5.56 Å². The van der Waals surface area contributed by atoms with Gasteiger partial charge in [0, 0.05) is 5.02 Å².